The smallest absolute Gasteiger partial charge is 0.255 e. The first-order valence-corrected chi connectivity index (χ1v) is 10.1. The molecule has 0 aliphatic carbocycles. The van der Waals surface area contributed by atoms with E-state index < -0.39 is 5.54 Å². The summed E-state index contributed by atoms with van der Waals surface area (Å²) in [6.45, 7) is 0. The minimum atomic E-state index is -1.20. The van der Waals surface area contributed by atoms with Crippen molar-refractivity contribution in [1.82, 2.24) is 0 Å². The van der Waals surface area contributed by atoms with Crippen LogP contribution in [-0.4, -0.2) is 33.1 Å². The standard InChI is InChI=1S/C25H24N2O5/c1-30-20-10-4-17(5-11-20)25(24(29)26-18-6-12-21(31-2)13-7-18)16-23(28)27(25)19-8-14-22(32-3)15-9-19/h4-15H,16H2,1-3H3,(H,26,29). The fourth-order valence-corrected chi connectivity index (χ4v) is 3.91. The van der Waals surface area contributed by atoms with Gasteiger partial charge in [0.1, 0.15) is 17.2 Å². The molecule has 1 aliphatic heterocycles. The molecule has 164 valence electrons. The van der Waals surface area contributed by atoms with E-state index in [-0.39, 0.29) is 18.2 Å². The third kappa shape index (κ3) is 3.62. The topological polar surface area (TPSA) is 77.1 Å². The van der Waals surface area contributed by atoms with Crippen LogP contribution in [0.15, 0.2) is 72.8 Å². The van der Waals surface area contributed by atoms with Gasteiger partial charge in [0, 0.05) is 11.4 Å². The summed E-state index contributed by atoms with van der Waals surface area (Å²) < 4.78 is 15.7. The summed E-state index contributed by atoms with van der Waals surface area (Å²) in [6.07, 6.45) is 0.0490. The van der Waals surface area contributed by atoms with Crippen LogP contribution in [0.2, 0.25) is 0 Å². The average molecular weight is 432 g/mol. The predicted molar refractivity (Wildman–Crippen MR) is 121 cm³/mol. The molecule has 1 N–H and O–H groups in total. The first-order chi connectivity index (χ1) is 15.5. The molecular weight excluding hydrogens is 408 g/mol. The molecule has 2 amide bonds. The Hall–Kier alpha value is -4.00. The van der Waals surface area contributed by atoms with E-state index in [0.717, 1.165) is 0 Å². The number of nitrogens with one attached hydrogen (secondary N) is 1. The summed E-state index contributed by atoms with van der Waals surface area (Å²) in [5, 5.41) is 2.96. The number of ether oxygens (including phenoxy) is 3. The van der Waals surface area contributed by atoms with Crippen molar-refractivity contribution >= 4 is 23.2 Å². The van der Waals surface area contributed by atoms with E-state index in [1.165, 1.54) is 4.90 Å². The van der Waals surface area contributed by atoms with Crippen molar-refractivity contribution in [1.29, 1.82) is 0 Å². The van der Waals surface area contributed by atoms with E-state index in [4.69, 9.17) is 14.2 Å². The van der Waals surface area contributed by atoms with Crippen LogP contribution in [0.5, 0.6) is 17.2 Å². The first-order valence-electron chi connectivity index (χ1n) is 10.1. The zero-order valence-electron chi connectivity index (χ0n) is 18.1. The van der Waals surface area contributed by atoms with Crippen LogP contribution in [0.3, 0.4) is 0 Å². The fraction of sp³-hybridized carbons (Fsp3) is 0.200. The summed E-state index contributed by atoms with van der Waals surface area (Å²) in [7, 11) is 4.74. The molecular formula is C25H24N2O5. The van der Waals surface area contributed by atoms with E-state index in [1.807, 2.05) is 12.1 Å². The Morgan fingerprint density at radius 1 is 0.781 bits per heavy atom. The van der Waals surface area contributed by atoms with Crippen molar-refractivity contribution in [3.05, 3.63) is 78.4 Å². The zero-order valence-corrected chi connectivity index (χ0v) is 18.1. The fourth-order valence-electron chi connectivity index (χ4n) is 3.91. The highest BCUT2D eigenvalue weighted by molar-refractivity contribution is 6.17. The van der Waals surface area contributed by atoms with Crippen LogP contribution in [-0.2, 0) is 15.1 Å². The number of nitrogens with zero attached hydrogens (tertiary/aromatic N) is 1. The average Bonchev–Trinajstić information content (AvgIpc) is 2.83. The number of β-lactam (4-membered cyclic amide) rings is 1. The van der Waals surface area contributed by atoms with Crippen LogP contribution < -0.4 is 24.4 Å². The number of rotatable bonds is 7. The van der Waals surface area contributed by atoms with Gasteiger partial charge < -0.3 is 19.5 Å². The molecule has 0 radical (unpaired) electrons. The van der Waals surface area contributed by atoms with E-state index in [2.05, 4.69) is 5.32 Å². The number of anilines is 2. The molecule has 1 atom stereocenters. The van der Waals surface area contributed by atoms with Gasteiger partial charge in [-0.2, -0.15) is 0 Å². The number of benzene rings is 3. The Balaban J connectivity index is 1.74. The van der Waals surface area contributed by atoms with Crippen molar-refractivity contribution in [3.8, 4) is 17.2 Å². The quantitative estimate of drug-likeness (QED) is 0.572. The third-order valence-corrected chi connectivity index (χ3v) is 5.66. The third-order valence-electron chi connectivity index (χ3n) is 5.66. The number of hydrogen-bond donors (Lipinski definition) is 1. The molecule has 1 saturated heterocycles. The first kappa shape index (κ1) is 21.2. The van der Waals surface area contributed by atoms with Gasteiger partial charge in [0.05, 0.1) is 27.8 Å². The predicted octanol–water partition coefficient (Wildman–Crippen LogP) is 3.98. The van der Waals surface area contributed by atoms with Crippen LogP contribution >= 0.6 is 0 Å². The van der Waals surface area contributed by atoms with Crippen molar-refractivity contribution in [2.75, 3.05) is 31.5 Å². The SMILES string of the molecule is COc1ccc(NC(=O)C2(c3ccc(OC)cc3)CC(=O)N2c2ccc(OC)cc2)cc1. The molecule has 0 spiro atoms. The number of methoxy groups -OCH3 is 3. The molecule has 3 aromatic carbocycles. The van der Waals surface area contributed by atoms with Gasteiger partial charge in [-0.3, -0.25) is 14.5 Å². The summed E-state index contributed by atoms with van der Waals surface area (Å²) in [6, 6.07) is 21.3. The maximum atomic E-state index is 13.7. The minimum Gasteiger partial charge on any atom is -0.497 e. The number of hydrogen-bond acceptors (Lipinski definition) is 5. The Labute approximate surface area is 186 Å². The van der Waals surface area contributed by atoms with Gasteiger partial charge in [0.15, 0.2) is 5.54 Å². The van der Waals surface area contributed by atoms with Crippen molar-refractivity contribution in [2.24, 2.45) is 0 Å². The molecule has 1 fully saturated rings. The lowest BCUT2D eigenvalue weighted by atomic mass is 9.76. The van der Waals surface area contributed by atoms with Gasteiger partial charge >= 0.3 is 0 Å². The lowest BCUT2D eigenvalue weighted by molar-refractivity contribution is -0.137. The molecule has 1 heterocycles. The van der Waals surface area contributed by atoms with E-state index >= 15 is 0 Å². The van der Waals surface area contributed by atoms with Crippen LogP contribution in [0, 0.1) is 0 Å². The maximum absolute atomic E-state index is 13.7. The van der Waals surface area contributed by atoms with Crippen molar-refractivity contribution < 1.29 is 23.8 Å². The van der Waals surface area contributed by atoms with Crippen molar-refractivity contribution in [2.45, 2.75) is 12.0 Å². The molecule has 1 aliphatic rings. The summed E-state index contributed by atoms with van der Waals surface area (Å²) in [5.74, 6) is 1.58. The van der Waals surface area contributed by atoms with E-state index in [1.54, 1.807) is 82.0 Å². The zero-order chi connectivity index (χ0) is 22.7. The van der Waals surface area contributed by atoms with Gasteiger partial charge in [-0.25, -0.2) is 0 Å². The molecule has 7 nitrogen and oxygen atoms in total. The van der Waals surface area contributed by atoms with Crippen LogP contribution in [0.4, 0.5) is 11.4 Å². The van der Waals surface area contributed by atoms with Gasteiger partial charge in [0.25, 0.3) is 5.91 Å². The van der Waals surface area contributed by atoms with Gasteiger partial charge in [-0.15, -0.1) is 0 Å². The lowest BCUT2D eigenvalue weighted by Crippen LogP contribution is -2.67. The minimum absolute atomic E-state index is 0.0490. The van der Waals surface area contributed by atoms with Gasteiger partial charge in [0.2, 0.25) is 5.91 Å². The summed E-state index contributed by atoms with van der Waals surface area (Å²) >= 11 is 0. The second kappa shape index (κ2) is 8.63. The van der Waals surface area contributed by atoms with Gasteiger partial charge in [-0.05, 0) is 66.2 Å². The normalized spacial score (nSPS) is 17.3. The van der Waals surface area contributed by atoms with Crippen molar-refractivity contribution in [3.63, 3.8) is 0 Å². The Bertz CT molecular complexity index is 1110. The molecule has 0 aromatic heterocycles. The molecule has 0 saturated carbocycles. The molecule has 4 rings (SSSR count). The van der Waals surface area contributed by atoms with Crippen LogP contribution in [0.1, 0.15) is 12.0 Å². The monoisotopic (exact) mass is 432 g/mol. The number of carbonyl (C=O) groups excluding carboxylic acids is 2. The Morgan fingerprint density at radius 2 is 1.25 bits per heavy atom. The molecule has 7 heteroatoms. The van der Waals surface area contributed by atoms with E-state index in [0.29, 0.717) is 34.2 Å². The molecule has 3 aromatic rings. The molecule has 0 bridgehead atoms. The second-order valence-corrected chi connectivity index (χ2v) is 7.38. The van der Waals surface area contributed by atoms with E-state index in [9.17, 15) is 9.59 Å². The largest absolute Gasteiger partial charge is 0.497 e. The highest BCUT2D eigenvalue weighted by atomic mass is 16.5. The molecule has 1 unspecified atom stereocenters. The highest BCUT2D eigenvalue weighted by Gasteiger charge is 2.58. The Kier molecular flexibility index (Phi) is 5.73. The number of amides is 2. The van der Waals surface area contributed by atoms with Crippen LogP contribution in [0.25, 0.3) is 0 Å². The highest BCUT2D eigenvalue weighted by Crippen LogP contribution is 2.46. The summed E-state index contributed by atoms with van der Waals surface area (Å²) in [5.41, 5.74) is 0.720. The molecule has 32 heavy (non-hydrogen) atoms. The Morgan fingerprint density at radius 3 is 1.72 bits per heavy atom. The van der Waals surface area contributed by atoms with Gasteiger partial charge in [-0.1, -0.05) is 12.1 Å². The second-order valence-electron chi connectivity index (χ2n) is 7.38. The number of carbonyl (C=O) groups is 2. The summed E-state index contributed by atoms with van der Waals surface area (Å²) in [4.78, 5) is 28.0. The lowest BCUT2D eigenvalue weighted by Gasteiger charge is -2.50. The maximum Gasteiger partial charge on any atom is 0.255 e.